The third-order valence-corrected chi connectivity index (χ3v) is 2.07. The lowest BCUT2D eigenvalue weighted by Crippen LogP contribution is -1.93. The maximum absolute atomic E-state index is 8.76. The quantitative estimate of drug-likeness (QED) is 0.797. The number of anilines is 3. The molecule has 3 N–H and O–H groups in total. The number of nitrogens with one attached hydrogen (secondary N) is 1. The molecule has 0 aliphatic heterocycles. The van der Waals surface area contributed by atoms with Crippen molar-refractivity contribution in [2.45, 2.75) is 0 Å². The number of hydrogen-bond donors (Lipinski definition) is 2. The highest BCUT2D eigenvalue weighted by Crippen LogP contribution is 2.17. The molecule has 0 aliphatic carbocycles. The molecule has 2 aromatic rings. The molecule has 0 spiro atoms. The van der Waals surface area contributed by atoms with Crippen molar-refractivity contribution < 1.29 is 0 Å². The van der Waals surface area contributed by atoms with Crippen LogP contribution in [0.4, 0.5) is 17.2 Å². The van der Waals surface area contributed by atoms with Crippen molar-refractivity contribution in [3.63, 3.8) is 0 Å². The Morgan fingerprint density at radius 1 is 1.19 bits per heavy atom. The SMILES string of the molecule is N#Cc1cccc(Nc2ccc(N)nc2)c1. The van der Waals surface area contributed by atoms with Crippen LogP contribution in [0.1, 0.15) is 5.56 Å². The van der Waals surface area contributed by atoms with Crippen molar-refractivity contribution in [1.82, 2.24) is 4.98 Å². The van der Waals surface area contributed by atoms with Gasteiger partial charge in [0, 0.05) is 5.69 Å². The first-order valence-electron chi connectivity index (χ1n) is 4.76. The number of nitriles is 1. The van der Waals surface area contributed by atoms with E-state index in [0.717, 1.165) is 11.4 Å². The summed E-state index contributed by atoms with van der Waals surface area (Å²) in [5.74, 6) is 0.483. The molecular formula is C12H10N4. The van der Waals surface area contributed by atoms with Crippen molar-refractivity contribution >= 4 is 17.2 Å². The van der Waals surface area contributed by atoms with Gasteiger partial charge >= 0.3 is 0 Å². The first kappa shape index (κ1) is 9.99. The fourth-order valence-corrected chi connectivity index (χ4v) is 1.31. The van der Waals surface area contributed by atoms with E-state index < -0.39 is 0 Å². The second kappa shape index (κ2) is 4.32. The number of nitrogens with zero attached hydrogens (tertiary/aromatic N) is 2. The fraction of sp³-hybridized carbons (Fsp3) is 0. The zero-order valence-electron chi connectivity index (χ0n) is 8.51. The Hall–Kier alpha value is -2.54. The lowest BCUT2D eigenvalue weighted by molar-refractivity contribution is 1.33. The monoisotopic (exact) mass is 210 g/mol. The number of rotatable bonds is 2. The van der Waals surface area contributed by atoms with Gasteiger partial charge in [-0.3, -0.25) is 0 Å². The molecular weight excluding hydrogens is 200 g/mol. The van der Waals surface area contributed by atoms with Crippen LogP contribution in [-0.2, 0) is 0 Å². The predicted molar refractivity (Wildman–Crippen MR) is 63.1 cm³/mol. The van der Waals surface area contributed by atoms with Crippen molar-refractivity contribution in [3.05, 3.63) is 48.2 Å². The Kier molecular flexibility index (Phi) is 2.70. The van der Waals surface area contributed by atoms with Gasteiger partial charge in [-0.2, -0.15) is 5.26 Å². The molecule has 4 nitrogen and oxygen atoms in total. The van der Waals surface area contributed by atoms with E-state index in [4.69, 9.17) is 11.0 Å². The minimum Gasteiger partial charge on any atom is -0.384 e. The van der Waals surface area contributed by atoms with Crippen LogP contribution in [0.3, 0.4) is 0 Å². The Balaban J connectivity index is 2.21. The molecule has 0 saturated carbocycles. The highest BCUT2D eigenvalue weighted by Gasteiger charge is 1.96. The molecule has 4 heteroatoms. The van der Waals surface area contributed by atoms with E-state index in [1.807, 2.05) is 18.2 Å². The zero-order valence-corrected chi connectivity index (χ0v) is 8.51. The van der Waals surface area contributed by atoms with Gasteiger partial charge < -0.3 is 11.1 Å². The van der Waals surface area contributed by atoms with Crippen LogP contribution in [0.2, 0.25) is 0 Å². The van der Waals surface area contributed by atoms with Gasteiger partial charge in [-0.15, -0.1) is 0 Å². The molecule has 0 amide bonds. The summed E-state index contributed by atoms with van der Waals surface area (Å²) >= 11 is 0. The van der Waals surface area contributed by atoms with Gasteiger partial charge in [0.1, 0.15) is 5.82 Å². The molecule has 1 heterocycles. The fourth-order valence-electron chi connectivity index (χ4n) is 1.31. The van der Waals surface area contributed by atoms with Crippen LogP contribution in [0.25, 0.3) is 0 Å². The average molecular weight is 210 g/mol. The molecule has 0 aliphatic rings. The van der Waals surface area contributed by atoms with Crippen LogP contribution in [0, 0.1) is 11.3 Å². The Labute approximate surface area is 93.4 Å². The highest BCUT2D eigenvalue weighted by atomic mass is 14.9. The maximum Gasteiger partial charge on any atom is 0.123 e. The number of nitrogens with two attached hydrogens (primary N) is 1. The normalized spacial score (nSPS) is 9.44. The van der Waals surface area contributed by atoms with E-state index >= 15 is 0 Å². The van der Waals surface area contributed by atoms with E-state index in [2.05, 4.69) is 16.4 Å². The molecule has 0 unspecified atom stereocenters. The molecule has 0 fully saturated rings. The van der Waals surface area contributed by atoms with Gasteiger partial charge in [-0.25, -0.2) is 4.98 Å². The van der Waals surface area contributed by atoms with Crippen molar-refractivity contribution in [1.29, 1.82) is 5.26 Å². The van der Waals surface area contributed by atoms with E-state index in [-0.39, 0.29) is 0 Å². The molecule has 0 radical (unpaired) electrons. The second-order valence-corrected chi connectivity index (χ2v) is 3.29. The topological polar surface area (TPSA) is 74.7 Å². The van der Waals surface area contributed by atoms with Crippen LogP contribution < -0.4 is 11.1 Å². The molecule has 2 rings (SSSR count). The first-order chi connectivity index (χ1) is 7.78. The summed E-state index contributed by atoms with van der Waals surface area (Å²) in [6, 6.07) is 12.9. The summed E-state index contributed by atoms with van der Waals surface area (Å²) in [7, 11) is 0. The van der Waals surface area contributed by atoms with Crippen LogP contribution in [-0.4, -0.2) is 4.98 Å². The highest BCUT2D eigenvalue weighted by molar-refractivity contribution is 5.61. The van der Waals surface area contributed by atoms with Crippen molar-refractivity contribution in [2.24, 2.45) is 0 Å². The molecule has 78 valence electrons. The minimum atomic E-state index is 0.483. The first-order valence-corrected chi connectivity index (χ1v) is 4.76. The molecule has 0 bridgehead atoms. The van der Waals surface area contributed by atoms with Crippen molar-refractivity contribution in [3.8, 4) is 6.07 Å². The van der Waals surface area contributed by atoms with Crippen LogP contribution in [0.5, 0.6) is 0 Å². The summed E-state index contributed by atoms with van der Waals surface area (Å²) in [6.45, 7) is 0. The number of benzene rings is 1. The molecule has 16 heavy (non-hydrogen) atoms. The smallest absolute Gasteiger partial charge is 0.123 e. The van der Waals surface area contributed by atoms with E-state index in [1.54, 1.807) is 24.4 Å². The number of hydrogen-bond acceptors (Lipinski definition) is 4. The van der Waals surface area contributed by atoms with Gasteiger partial charge in [0.25, 0.3) is 0 Å². The molecule has 1 aromatic carbocycles. The predicted octanol–water partition coefficient (Wildman–Crippen LogP) is 2.28. The van der Waals surface area contributed by atoms with Gasteiger partial charge in [0.15, 0.2) is 0 Å². The molecule has 0 atom stereocenters. The van der Waals surface area contributed by atoms with E-state index in [9.17, 15) is 0 Å². The average Bonchev–Trinajstić information content (AvgIpc) is 2.32. The van der Waals surface area contributed by atoms with E-state index in [0.29, 0.717) is 11.4 Å². The summed E-state index contributed by atoms with van der Waals surface area (Å²) in [4.78, 5) is 3.97. The lowest BCUT2D eigenvalue weighted by Gasteiger charge is -2.05. The molecule has 1 aromatic heterocycles. The summed E-state index contributed by atoms with van der Waals surface area (Å²) in [5.41, 5.74) is 7.79. The van der Waals surface area contributed by atoms with E-state index in [1.165, 1.54) is 0 Å². The summed E-state index contributed by atoms with van der Waals surface area (Å²) in [5, 5.41) is 11.9. The lowest BCUT2D eigenvalue weighted by atomic mass is 10.2. The maximum atomic E-state index is 8.76. The third kappa shape index (κ3) is 2.28. The standard InChI is InChI=1S/C12H10N4/c13-7-9-2-1-3-10(6-9)16-11-4-5-12(14)15-8-11/h1-6,8,16H,(H2,14,15). The summed E-state index contributed by atoms with van der Waals surface area (Å²) in [6.07, 6.45) is 1.65. The summed E-state index contributed by atoms with van der Waals surface area (Å²) < 4.78 is 0. The third-order valence-electron chi connectivity index (χ3n) is 2.07. The second-order valence-electron chi connectivity index (χ2n) is 3.29. The number of aromatic nitrogens is 1. The van der Waals surface area contributed by atoms with Gasteiger partial charge in [0.2, 0.25) is 0 Å². The number of nitrogen functional groups attached to an aromatic ring is 1. The van der Waals surface area contributed by atoms with Gasteiger partial charge in [-0.05, 0) is 30.3 Å². The molecule has 0 saturated heterocycles. The van der Waals surface area contributed by atoms with Crippen molar-refractivity contribution in [2.75, 3.05) is 11.1 Å². The Morgan fingerprint density at radius 3 is 2.75 bits per heavy atom. The largest absolute Gasteiger partial charge is 0.384 e. The van der Waals surface area contributed by atoms with Gasteiger partial charge in [0.05, 0.1) is 23.5 Å². The van der Waals surface area contributed by atoms with Gasteiger partial charge in [-0.1, -0.05) is 6.07 Å². The number of pyridine rings is 1. The zero-order chi connectivity index (χ0) is 11.4. The van der Waals surface area contributed by atoms with Crippen LogP contribution >= 0.6 is 0 Å². The van der Waals surface area contributed by atoms with Crippen LogP contribution in [0.15, 0.2) is 42.6 Å². The Morgan fingerprint density at radius 2 is 2.06 bits per heavy atom. The minimum absolute atomic E-state index is 0.483. The Bertz CT molecular complexity index is 525.